The predicted octanol–water partition coefficient (Wildman–Crippen LogP) is 1.89. The highest BCUT2D eigenvalue weighted by atomic mass is 28.3. The van der Waals surface area contributed by atoms with Crippen LogP contribution >= 0.6 is 0 Å². The van der Waals surface area contributed by atoms with Gasteiger partial charge in [0.15, 0.2) is 0 Å². The molecule has 1 nitrogen and oxygen atoms in total. The minimum atomic E-state index is -2.24. The summed E-state index contributed by atoms with van der Waals surface area (Å²) in [5.74, 6) is 2.83. The quantitative estimate of drug-likeness (QED) is 0.473. The van der Waals surface area contributed by atoms with Crippen LogP contribution in [-0.2, 0) is 0 Å². The molecule has 0 radical (unpaired) electrons. The molecule has 0 aliphatic carbocycles. The van der Waals surface area contributed by atoms with E-state index in [-0.39, 0.29) is 0 Å². The topological polar surface area (TPSA) is 20.2 Å². The Morgan fingerprint density at radius 2 is 1.91 bits per heavy atom. The highest BCUT2D eigenvalue weighted by molar-refractivity contribution is 6.83. The minimum absolute atomic E-state index is 0.993. The van der Waals surface area contributed by atoms with Crippen LogP contribution < -0.4 is 0 Å². The van der Waals surface area contributed by atoms with Crippen molar-refractivity contribution in [1.82, 2.24) is 0 Å². The molecule has 0 amide bonds. The molecule has 1 N–H and O–H groups in total. The van der Waals surface area contributed by atoms with Crippen LogP contribution in [0.2, 0.25) is 19.6 Å². The molecule has 0 aromatic rings. The standard InChI is InChI=1S/C9H18OSi/c1-9(2,8-10)6-7-11(3,4)5/h10H,8H2,1-5H3/i8D2. The number of aliphatic hydroxyl groups is 1. The SMILES string of the molecule is [2H]C([2H])(O)C(C)(C)C#C[Si](C)(C)C. The van der Waals surface area contributed by atoms with Gasteiger partial charge in [-0.15, -0.1) is 11.5 Å². The van der Waals surface area contributed by atoms with Crippen LogP contribution in [-0.4, -0.2) is 19.7 Å². The first-order valence-electron chi connectivity index (χ1n) is 4.72. The van der Waals surface area contributed by atoms with Crippen LogP contribution in [0, 0.1) is 16.9 Å². The van der Waals surface area contributed by atoms with Gasteiger partial charge in [-0.2, -0.15) is 0 Å². The summed E-state index contributed by atoms with van der Waals surface area (Å²) in [4.78, 5) is 0. The van der Waals surface area contributed by atoms with Crippen molar-refractivity contribution in [2.75, 3.05) is 6.56 Å². The second-order valence-corrected chi connectivity index (χ2v) is 8.99. The second-order valence-electron chi connectivity index (χ2n) is 4.24. The summed E-state index contributed by atoms with van der Waals surface area (Å²) in [6.45, 7) is 7.25. The van der Waals surface area contributed by atoms with E-state index in [1.165, 1.54) is 0 Å². The van der Waals surface area contributed by atoms with Crippen LogP contribution in [0.1, 0.15) is 16.6 Å². The molecule has 0 atom stereocenters. The molecule has 0 saturated heterocycles. The highest BCUT2D eigenvalue weighted by Crippen LogP contribution is 2.11. The molecule has 0 unspecified atom stereocenters. The largest absolute Gasteiger partial charge is 0.395 e. The van der Waals surface area contributed by atoms with Gasteiger partial charge in [0.2, 0.25) is 0 Å². The Kier molecular flexibility index (Phi) is 2.30. The van der Waals surface area contributed by atoms with Gasteiger partial charge in [0.05, 0.1) is 9.30 Å². The van der Waals surface area contributed by atoms with Gasteiger partial charge in [-0.25, -0.2) is 0 Å². The van der Waals surface area contributed by atoms with E-state index in [4.69, 9.17) is 2.74 Å². The Morgan fingerprint density at radius 1 is 1.45 bits per heavy atom. The summed E-state index contributed by atoms with van der Waals surface area (Å²) < 4.78 is 14.4. The summed E-state index contributed by atoms with van der Waals surface area (Å²) >= 11 is 0. The van der Waals surface area contributed by atoms with E-state index in [2.05, 4.69) is 31.1 Å². The molecule has 0 saturated carbocycles. The lowest BCUT2D eigenvalue weighted by Crippen LogP contribution is -2.20. The van der Waals surface area contributed by atoms with Gasteiger partial charge in [0, 0.05) is 5.41 Å². The van der Waals surface area contributed by atoms with Crippen LogP contribution in [0.5, 0.6) is 0 Å². The minimum Gasteiger partial charge on any atom is -0.395 e. The van der Waals surface area contributed by atoms with Gasteiger partial charge in [-0.05, 0) is 13.8 Å². The predicted molar refractivity (Wildman–Crippen MR) is 52.0 cm³/mol. The van der Waals surface area contributed by atoms with Gasteiger partial charge in [-0.1, -0.05) is 19.6 Å². The van der Waals surface area contributed by atoms with E-state index in [9.17, 15) is 5.11 Å². The molecule has 0 rings (SSSR count). The van der Waals surface area contributed by atoms with Gasteiger partial charge in [-0.3, -0.25) is 0 Å². The average molecular weight is 172 g/mol. The fraction of sp³-hybridized carbons (Fsp3) is 0.778. The third kappa shape index (κ3) is 6.15. The first kappa shape index (κ1) is 7.39. The van der Waals surface area contributed by atoms with Crippen molar-refractivity contribution in [2.24, 2.45) is 5.41 Å². The molecule has 0 aliphatic heterocycles. The van der Waals surface area contributed by atoms with E-state index in [0.717, 1.165) is 0 Å². The van der Waals surface area contributed by atoms with Crippen molar-refractivity contribution < 1.29 is 7.85 Å². The Bertz CT molecular complexity index is 237. The molecule has 0 aliphatic rings. The van der Waals surface area contributed by atoms with E-state index in [1.54, 1.807) is 13.8 Å². The zero-order valence-corrected chi connectivity index (χ0v) is 8.95. The Hall–Kier alpha value is -0.263. The molecule has 0 spiro atoms. The van der Waals surface area contributed by atoms with Crippen molar-refractivity contribution in [3.8, 4) is 11.5 Å². The second kappa shape index (κ2) is 3.42. The molecular formula is C9H18OSi. The average Bonchev–Trinajstić information content (AvgIpc) is 1.79. The molecule has 64 valence electrons. The third-order valence-electron chi connectivity index (χ3n) is 1.03. The molecular weight excluding hydrogens is 152 g/mol. The molecule has 11 heavy (non-hydrogen) atoms. The molecule has 0 bridgehead atoms. The monoisotopic (exact) mass is 172 g/mol. The van der Waals surface area contributed by atoms with Crippen molar-refractivity contribution in [2.45, 2.75) is 33.5 Å². The first-order valence-corrected chi connectivity index (χ1v) is 7.22. The summed E-state index contributed by atoms with van der Waals surface area (Å²) in [6, 6.07) is 0. The summed E-state index contributed by atoms with van der Waals surface area (Å²) in [7, 11) is -1.48. The van der Waals surface area contributed by atoms with Crippen molar-refractivity contribution in [3.63, 3.8) is 0 Å². The van der Waals surface area contributed by atoms with Gasteiger partial charge in [0.1, 0.15) is 8.07 Å². The van der Waals surface area contributed by atoms with Gasteiger partial charge >= 0.3 is 0 Å². The normalized spacial score (nSPS) is 16.2. The number of hydrogen-bond donors (Lipinski definition) is 1. The fourth-order valence-electron chi connectivity index (χ4n) is 0.372. The Morgan fingerprint density at radius 3 is 2.18 bits per heavy atom. The first-order chi connectivity index (χ1) is 5.46. The lowest BCUT2D eigenvalue weighted by Gasteiger charge is -2.14. The van der Waals surface area contributed by atoms with Crippen LogP contribution in [0.3, 0.4) is 0 Å². The third-order valence-corrected chi connectivity index (χ3v) is 1.90. The number of rotatable bonds is 1. The maximum atomic E-state index is 9.19. The van der Waals surface area contributed by atoms with E-state index in [1.807, 2.05) is 0 Å². The summed E-state index contributed by atoms with van der Waals surface area (Å²) in [5.41, 5.74) is 2.06. The zero-order valence-electron chi connectivity index (χ0n) is 9.95. The lowest BCUT2D eigenvalue weighted by atomic mass is 9.97. The maximum absolute atomic E-state index is 9.19. The Balaban J connectivity index is 4.77. The van der Waals surface area contributed by atoms with E-state index in [0.29, 0.717) is 0 Å². The molecule has 0 fully saturated rings. The number of hydrogen-bond acceptors (Lipinski definition) is 1. The maximum Gasteiger partial charge on any atom is 0.129 e. The lowest BCUT2D eigenvalue weighted by molar-refractivity contribution is 0.207. The van der Waals surface area contributed by atoms with Gasteiger partial charge < -0.3 is 5.11 Å². The summed E-state index contributed by atoms with van der Waals surface area (Å²) in [5, 5.41) is 9.19. The van der Waals surface area contributed by atoms with Crippen LogP contribution in [0.4, 0.5) is 0 Å². The van der Waals surface area contributed by atoms with E-state index < -0.39 is 20.0 Å². The van der Waals surface area contributed by atoms with E-state index >= 15 is 0 Å². The molecule has 0 aromatic carbocycles. The van der Waals surface area contributed by atoms with Crippen molar-refractivity contribution in [3.05, 3.63) is 0 Å². The zero-order chi connectivity index (χ0) is 10.9. The summed E-state index contributed by atoms with van der Waals surface area (Å²) in [6.07, 6.45) is 0. The smallest absolute Gasteiger partial charge is 0.129 e. The van der Waals surface area contributed by atoms with Crippen molar-refractivity contribution >= 4 is 8.07 Å². The molecule has 2 heteroatoms. The molecule has 0 aromatic heterocycles. The Labute approximate surface area is 73.6 Å². The highest BCUT2D eigenvalue weighted by Gasteiger charge is 2.14. The van der Waals surface area contributed by atoms with Crippen LogP contribution in [0.25, 0.3) is 0 Å². The fourth-order valence-corrected chi connectivity index (χ4v) is 1.06. The van der Waals surface area contributed by atoms with Crippen LogP contribution in [0.15, 0.2) is 0 Å². The van der Waals surface area contributed by atoms with Crippen molar-refractivity contribution in [1.29, 1.82) is 0 Å². The van der Waals surface area contributed by atoms with Gasteiger partial charge in [0.25, 0.3) is 0 Å². The molecule has 0 heterocycles.